The van der Waals surface area contributed by atoms with Gasteiger partial charge < -0.3 is 14.8 Å². The summed E-state index contributed by atoms with van der Waals surface area (Å²) in [7, 11) is 0. The first-order chi connectivity index (χ1) is 8.56. The Kier molecular flexibility index (Phi) is 3.14. The Bertz CT molecular complexity index is 601. The molecule has 5 nitrogen and oxygen atoms in total. The van der Waals surface area contributed by atoms with Crippen LogP contribution in [0.2, 0.25) is 0 Å². The molecule has 18 heavy (non-hydrogen) atoms. The zero-order valence-electron chi connectivity index (χ0n) is 9.64. The summed E-state index contributed by atoms with van der Waals surface area (Å²) >= 11 is 0. The van der Waals surface area contributed by atoms with Crippen molar-refractivity contribution in [3.05, 3.63) is 42.2 Å². The van der Waals surface area contributed by atoms with Crippen LogP contribution in [-0.4, -0.2) is 17.0 Å². The van der Waals surface area contributed by atoms with Gasteiger partial charge in [-0.05, 0) is 24.3 Å². The van der Waals surface area contributed by atoms with Crippen LogP contribution in [0.1, 0.15) is 17.5 Å². The van der Waals surface area contributed by atoms with Crippen LogP contribution in [0.5, 0.6) is 0 Å². The number of benzene rings is 1. The van der Waals surface area contributed by atoms with E-state index in [0.29, 0.717) is 17.0 Å². The highest BCUT2D eigenvalue weighted by molar-refractivity contribution is 5.89. The minimum atomic E-state index is -1.11. The van der Waals surface area contributed by atoms with Gasteiger partial charge in [0.15, 0.2) is 0 Å². The van der Waals surface area contributed by atoms with E-state index in [4.69, 9.17) is 9.52 Å². The first-order valence-electron chi connectivity index (χ1n) is 5.27. The molecule has 0 bridgehead atoms. The Morgan fingerprint density at radius 2 is 2.00 bits per heavy atom. The Morgan fingerprint density at radius 1 is 1.22 bits per heavy atom. The third-order valence-corrected chi connectivity index (χ3v) is 2.28. The van der Waals surface area contributed by atoms with Gasteiger partial charge in [-0.1, -0.05) is 12.1 Å². The maximum atomic E-state index is 10.9. The van der Waals surface area contributed by atoms with Gasteiger partial charge >= 0.3 is 5.97 Å². The SMILES string of the molecule is CC(=O)Nc1cccc(-c2ccc(C(=O)O)o2)c1. The normalized spacial score (nSPS) is 10.1. The lowest BCUT2D eigenvalue weighted by molar-refractivity contribution is -0.114. The average Bonchev–Trinajstić information content (AvgIpc) is 2.77. The van der Waals surface area contributed by atoms with E-state index in [9.17, 15) is 9.59 Å². The average molecular weight is 245 g/mol. The molecule has 0 fully saturated rings. The number of carbonyl (C=O) groups excluding carboxylic acids is 1. The topological polar surface area (TPSA) is 79.5 Å². The summed E-state index contributed by atoms with van der Waals surface area (Å²) in [5.41, 5.74) is 1.34. The fourth-order valence-electron chi connectivity index (χ4n) is 1.56. The summed E-state index contributed by atoms with van der Waals surface area (Å²) in [6, 6.07) is 9.95. The lowest BCUT2D eigenvalue weighted by Gasteiger charge is -2.03. The molecule has 0 aliphatic carbocycles. The van der Waals surface area contributed by atoms with Crippen molar-refractivity contribution in [2.45, 2.75) is 6.92 Å². The summed E-state index contributed by atoms with van der Waals surface area (Å²) in [6.45, 7) is 1.42. The molecule has 1 aromatic heterocycles. The number of anilines is 1. The summed E-state index contributed by atoms with van der Waals surface area (Å²) in [5, 5.41) is 11.4. The van der Waals surface area contributed by atoms with Crippen LogP contribution in [0.25, 0.3) is 11.3 Å². The molecule has 0 spiro atoms. The van der Waals surface area contributed by atoms with Crippen molar-refractivity contribution in [3.63, 3.8) is 0 Å². The number of hydrogen-bond acceptors (Lipinski definition) is 3. The van der Waals surface area contributed by atoms with E-state index in [-0.39, 0.29) is 11.7 Å². The lowest BCUT2D eigenvalue weighted by Crippen LogP contribution is -2.05. The van der Waals surface area contributed by atoms with Crippen molar-refractivity contribution in [1.29, 1.82) is 0 Å². The standard InChI is InChI=1S/C13H11NO4/c1-8(15)14-10-4-2-3-9(7-10)11-5-6-12(18-11)13(16)17/h2-7H,1H3,(H,14,15)(H,16,17). The number of aromatic carboxylic acids is 1. The highest BCUT2D eigenvalue weighted by Gasteiger charge is 2.10. The molecule has 1 aromatic carbocycles. The molecule has 0 radical (unpaired) electrons. The molecule has 2 aromatic rings. The molecule has 0 aliphatic rings. The molecule has 0 atom stereocenters. The molecular weight excluding hydrogens is 234 g/mol. The second-order valence-electron chi connectivity index (χ2n) is 3.73. The number of rotatable bonds is 3. The number of carboxylic acids is 1. The number of furan rings is 1. The number of carboxylic acid groups (broad SMARTS) is 1. The van der Waals surface area contributed by atoms with E-state index < -0.39 is 5.97 Å². The van der Waals surface area contributed by atoms with E-state index in [1.165, 1.54) is 13.0 Å². The van der Waals surface area contributed by atoms with Gasteiger partial charge in [0.25, 0.3) is 0 Å². The zero-order chi connectivity index (χ0) is 13.1. The van der Waals surface area contributed by atoms with Gasteiger partial charge in [0.05, 0.1) is 0 Å². The Balaban J connectivity index is 2.32. The first kappa shape index (κ1) is 11.9. The van der Waals surface area contributed by atoms with Gasteiger partial charge in [-0.3, -0.25) is 4.79 Å². The molecule has 0 aliphatic heterocycles. The smallest absolute Gasteiger partial charge is 0.371 e. The minimum Gasteiger partial charge on any atom is -0.475 e. The molecule has 1 heterocycles. The molecule has 1 amide bonds. The highest BCUT2D eigenvalue weighted by atomic mass is 16.4. The number of hydrogen-bond donors (Lipinski definition) is 2. The van der Waals surface area contributed by atoms with Crippen molar-refractivity contribution in [3.8, 4) is 11.3 Å². The van der Waals surface area contributed by atoms with Crippen LogP contribution in [0.15, 0.2) is 40.8 Å². The van der Waals surface area contributed by atoms with Crippen LogP contribution in [0.3, 0.4) is 0 Å². The first-order valence-corrected chi connectivity index (χ1v) is 5.27. The third-order valence-electron chi connectivity index (χ3n) is 2.28. The van der Waals surface area contributed by atoms with Gasteiger partial charge in [0.1, 0.15) is 5.76 Å². The summed E-state index contributed by atoms with van der Waals surface area (Å²) < 4.78 is 5.18. The zero-order valence-corrected chi connectivity index (χ0v) is 9.64. The third kappa shape index (κ3) is 2.57. The largest absolute Gasteiger partial charge is 0.475 e. The van der Waals surface area contributed by atoms with Gasteiger partial charge in [-0.15, -0.1) is 0 Å². The van der Waals surface area contributed by atoms with Crippen LogP contribution in [0, 0.1) is 0 Å². The van der Waals surface area contributed by atoms with E-state index >= 15 is 0 Å². The molecule has 0 saturated carbocycles. The predicted molar refractivity (Wildman–Crippen MR) is 65.4 cm³/mol. The van der Waals surface area contributed by atoms with Crippen molar-refractivity contribution < 1.29 is 19.1 Å². The van der Waals surface area contributed by atoms with E-state index in [0.717, 1.165) is 0 Å². The van der Waals surface area contributed by atoms with Crippen LogP contribution in [-0.2, 0) is 4.79 Å². The molecule has 0 saturated heterocycles. The number of amides is 1. The molecule has 92 valence electrons. The van der Waals surface area contributed by atoms with Gasteiger partial charge in [0, 0.05) is 18.2 Å². The second kappa shape index (κ2) is 4.75. The van der Waals surface area contributed by atoms with Crippen LogP contribution in [0.4, 0.5) is 5.69 Å². The van der Waals surface area contributed by atoms with E-state index in [1.54, 1.807) is 30.3 Å². The number of nitrogens with one attached hydrogen (secondary N) is 1. The molecule has 2 N–H and O–H groups in total. The Morgan fingerprint density at radius 3 is 2.61 bits per heavy atom. The summed E-state index contributed by atoms with van der Waals surface area (Å²) in [5.74, 6) is -0.952. The fourth-order valence-corrected chi connectivity index (χ4v) is 1.56. The number of carbonyl (C=O) groups is 2. The highest BCUT2D eigenvalue weighted by Crippen LogP contribution is 2.24. The fraction of sp³-hybridized carbons (Fsp3) is 0.0769. The van der Waals surface area contributed by atoms with Crippen molar-refractivity contribution in [2.24, 2.45) is 0 Å². The van der Waals surface area contributed by atoms with Gasteiger partial charge in [0.2, 0.25) is 11.7 Å². The van der Waals surface area contributed by atoms with Crippen LogP contribution < -0.4 is 5.32 Å². The van der Waals surface area contributed by atoms with Crippen molar-refractivity contribution in [1.82, 2.24) is 0 Å². The quantitative estimate of drug-likeness (QED) is 0.871. The predicted octanol–water partition coefficient (Wildman–Crippen LogP) is 2.60. The molecule has 5 heteroatoms. The van der Waals surface area contributed by atoms with Crippen molar-refractivity contribution >= 4 is 17.6 Å². The van der Waals surface area contributed by atoms with E-state index in [2.05, 4.69) is 5.32 Å². The maximum absolute atomic E-state index is 10.9. The van der Waals surface area contributed by atoms with Crippen molar-refractivity contribution in [2.75, 3.05) is 5.32 Å². The summed E-state index contributed by atoms with van der Waals surface area (Å²) in [6.07, 6.45) is 0. The maximum Gasteiger partial charge on any atom is 0.371 e. The van der Waals surface area contributed by atoms with E-state index in [1.807, 2.05) is 0 Å². The molecule has 2 rings (SSSR count). The molecular formula is C13H11NO4. The Labute approximate surface area is 103 Å². The summed E-state index contributed by atoms with van der Waals surface area (Å²) in [4.78, 5) is 21.6. The lowest BCUT2D eigenvalue weighted by atomic mass is 10.1. The van der Waals surface area contributed by atoms with Gasteiger partial charge in [-0.25, -0.2) is 4.79 Å². The van der Waals surface area contributed by atoms with Gasteiger partial charge in [-0.2, -0.15) is 0 Å². The second-order valence-corrected chi connectivity index (χ2v) is 3.73. The van der Waals surface area contributed by atoms with Crippen LogP contribution >= 0.6 is 0 Å². The monoisotopic (exact) mass is 245 g/mol. The minimum absolute atomic E-state index is 0.116. The molecule has 0 unspecified atom stereocenters. The Hall–Kier alpha value is -2.56.